The van der Waals surface area contributed by atoms with Gasteiger partial charge >= 0.3 is 6.09 Å². The Bertz CT molecular complexity index is 509. The van der Waals surface area contributed by atoms with E-state index in [2.05, 4.69) is 5.32 Å². The highest BCUT2D eigenvalue weighted by molar-refractivity contribution is 8.14. The first-order chi connectivity index (χ1) is 12.6. The lowest BCUT2D eigenvalue weighted by Gasteiger charge is -2.33. The second-order valence-electron chi connectivity index (χ2n) is 7.88. The van der Waals surface area contributed by atoms with Crippen LogP contribution in [0.5, 0.6) is 0 Å². The van der Waals surface area contributed by atoms with Gasteiger partial charge in [-0.05, 0) is 53.0 Å². The van der Waals surface area contributed by atoms with Crippen molar-refractivity contribution in [2.75, 3.05) is 26.2 Å². The molecule has 0 aromatic carbocycles. The topological polar surface area (TPSA) is 75.7 Å². The molecule has 2 heterocycles. The molecule has 2 rings (SSSR count). The zero-order valence-corrected chi connectivity index (χ0v) is 20.1. The highest BCUT2D eigenvalue weighted by Gasteiger charge is 2.28. The number of hydrogen-bond donors (Lipinski definition) is 1. The summed E-state index contributed by atoms with van der Waals surface area (Å²) in [4.78, 5) is 35.3. The maximum atomic E-state index is 11.9. The molecular weight excluding hydrogens is 420 g/mol. The molecular formula is C19H35ClN2O4S2. The first-order valence-electron chi connectivity index (χ1n) is 9.60. The number of nitrogens with one attached hydrogen (secondary N) is 1. The number of thioether (sulfide) groups is 2. The molecule has 2 fully saturated rings. The molecule has 2 saturated heterocycles. The molecule has 1 amide bonds. The Labute approximate surface area is 184 Å². The second kappa shape index (κ2) is 13.7. The second-order valence-corrected chi connectivity index (χ2v) is 10.8. The van der Waals surface area contributed by atoms with Gasteiger partial charge < -0.3 is 15.0 Å². The molecule has 0 saturated carbocycles. The fourth-order valence-corrected chi connectivity index (χ4v) is 4.88. The molecule has 0 aromatic heterocycles. The SMILES string of the molecule is CC(=O)S[C@@H]1CCCN(C(=O)OC(C)(C)C)C1.CC(=O)S[C@@H]1CCCNC1.Cl. The predicted molar refractivity (Wildman–Crippen MR) is 121 cm³/mol. The van der Waals surface area contributed by atoms with Crippen LogP contribution in [0.15, 0.2) is 0 Å². The van der Waals surface area contributed by atoms with Crippen LogP contribution in [-0.4, -0.2) is 63.5 Å². The Balaban J connectivity index is 0.000000567. The summed E-state index contributed by atoms with van der Waals surface area (Å²) in [5, 5.41) is 4.37. The van der Waals surface area contributed by atoms with Gasteiger partial charge in [-0.25, -0.2) is 4.79 Å². The Morgan fingerprint density at radius 2 is 1.57 bits per heavy atom. The first-order valence-corrected chi connectivity index (χ1v) is 11.4. The predicted octanol–water partition coefficient (Wildman–Crippen LogP) is 4.11. The molecule has 6 nitrogen and oxygen atoms in total. The van der Waals surface area contributed by atoms with E-state index in [0.717, 1.165) is 32.5 Å². The summed E-state index contributed by atoms with van der Waals surface area (Å²) >= 11 is 2.80. The van der Waals surface area contributed by atoms with Crippen molar-refractivity contribution >= 4 is 52.3 Å². The normalized spacial score (nSPS) is 22.2. The number of nitrogens with zero attached hydrogens (tertiary/aromatic N) is 1. The van der Waals surface area contributed by atoms with Crippen LogP contribution in [0.2, 0.25) is 0 Å². The van der Waals surface area contributed by atoms with Crippen molar-refractivity contribution in [2.45, 2.75) is 76.4 Å². The number of hydrogen-bond acceptors (Lipinski definition) is 7. The lowest BCUT2D eigenvalue weighted by Crippen LogP contribution is -2.44. The Morgan fingerprint density at radius 1 is 1.00 bits per heavy atom. The van der Waals surface area contributed by atoms with E-state index < -0.39 is 5.60 Å². The number of halogens is 1. The van der Waals surface area contributed by atoms with E-state index in [1.54, 1.807) is 18.7 Å². The highest BCUT2D eigenvalue weighted by Crippen LogP contribution is 2.24. The maximum absolute atomic E-state index is 11.9. The molecule has 0 spiro atoms. The zero-order valence-electron chi connectivity index (χ0n) is 17.6. The fourth-order valence-electron chi connectivity index (χ4n) is 2.92. The zero-order chi connectivity index (χ0) is 20.4. The van der Waals surface area contributed by atoms with Crippen molar-refractivity contribution in [1.29, 1.82) is 0 Å². The van der Waals surface area contributed by atoms with Gasteiger partial charge in [0.05, 0.1) is 0 Å². The fraction of sp³-hybridized carbons (Fsp3) is 0.842. The molecule has 1 N–H and O–H groups in total. The van der Waals surface area contributed by atoms with Gasteiger partial charge in [0.15, 0.2) is 10.2 Å². The summed E-state index contributed by atoms with van der Waals surface area (Å²) in [5.74, 6) is 0. The number of carbonyl (C=O) groups excluding carboxylic acids is 3. The number of ether oxygens (including phenoxy) is 1. The van der Waals surface area contributed by atoms with Crippen molar-refractivity contribution in [3.63, 3.8) is 0 Å². The molecule has 2 aliphatic rings. The van der Waals surface area contributed by atoms with Gasteiger partial charge in [0.25, 0.3) is 0 Å². The standard InChI is InChI=1S/C12H21NO3S.C7H13NOS.ClH/c1-9(14)17-10-6-5-7-13(8-10)11(15)16-12(2,3)4;1-6(9)10-7-3-2-4-8-5-7;/h10H,5-8H2,1-4H3;7-8H,2-5H2,1H3;1H/t10-;7-;/m11./s1. The van der Waals surface area contributed by atoms with Gasteiger partial charge in [0.1, 0.15) is 5.60 Å². The summed E-state index contributed by atoms with van der Waals surface area (Å²) < 4.78 is 5.32. The molecule has 0 aliphatic carbocycles. The smallest absolute Gasteiger partial charge is 0.410 e. The van der Waals surface area contributed by atoms with Crippen molar-refractivity contribution in [3.05, 3.63) is 0 Å². The van der Waals surface area contributed by atoms with Gasteiger partial charge in [-0.3, -0.25) is 9.59 Å². The number of rotatable bonds is 2. The molecule has 0 bridgehead atoms. The van der Waals surface area contributed by atoms with Gasteiger partial charge in [-0.15, -0.1) is 12.4 Å². The number of carbonyl (C=O) groups is 3. The van der Waals surface area contributed by atoms with Gasteiger partial charge in [-0.2, -0.15) is 0 Å². The molecule has 164 valence electrons. The van der Waals surface area contributed by atoms with Crippen LogP contribution in [0.1, 0.15) is 60.3 Å². The average molecular weight is 455 g/mol. The molecule has 0 unspecified atom stereocenters. The van der Waals surface area contributed by atoms with Crippen molar-refractivity contribution in [3.8, 4) is 0 Å². The monoisotopic (exact) mass is 454 g/mol. The van der Waals surface area contributed by atoms with Crippen LogP contribution in [0.4, 0.5) is 4.79 Å². The largest absolute Gasteiger partial charge is 0.444 e. The van der Waals surface area contributed by atoms with E-state index in [4.69, 9.17) is 4.74 Å². The third-order valence-electron chi connectivity index (χ3n) is 3.95. The molecule has 0 radical (unpaired) electrons. The van der Waals surface area contributed by atoms with Crippen LogP contribution < -0.4 is 5.32 Å². The van der Waals surface area contributed by atoms with E-state index >= 15 is 0 Å². The van der Waals surface area contributed by atoms with E-state index in [0.29, 0.717) is 11.8 Å². The van der Waals surface area contributed by atoms with Crippen LogP contribution >= 0.6 is 35.9 Å². The minimum Gasteiger partial charge on any atom is -0.444 e. The van der Waals surface area contributed by atoms with Crippen LogP contribution in [0.25, 0.3) is 0 Å². The lowest BCUT2D eigenvalue weighted by atomic mass is 10.1. The quantitative estimate of drug-likeness (QED) is 0.672. The van der Waals surface area contributed by atoms with Crippen molar-refractivity contribution in [1.82, 2.24) is 10.2 Å². The van der Waals surface area contributed by atoms with E-state index in [1.165, 1.54) is 36.4 Å². The molecule has 28 heavy (non-hydrogen) atoms. The van der Waals surface area contributed by atoms with Gasteiger partial charge in [0, 0.05) is 44.0 Å². The number of amides is 1. The third-order valence-corrected chi connectivity index (χ3v) is 6.06. The minimum absolute atomic E-state index is 0. The van der Waals surface area contributed by atoms with E-state index in [1.807, 2.05) is 20.8 Å². The molecule has 9 heteroatoms. The van der Waals surface area contributed by atoms with Crippen molar-refractivity contribution < 1.29 is 19.1 Å². The molecule has 2 aliphatic heterocycles. The Morgan fingerprint density at radius 3 is 2.07 bits per heavy atom. The number of piperidine rings is 2. The molecule has 0 aromatic rings. The van der Waals surface area contributed by atoms with E-state index in [-0.39, 0.29) is 34.0 Å². The maximum Gasteiger partial charge on any atom is 0.410 e. The summed E-state index contributed by atoms with van der Waals surface area (Å²) in [5.41, 5.74) is -0.461. The summed E-state index contributed by atoms with van der Waals surface area (Å²) in [6.07, 6.45) is 4.06. The third kappa shape index (κ3) is 12.9. The van der Waals surface area contributed by atoms with Crippen molar-refractivity contribution in [2.24, 2.45) is 0 Å². The van der Waals surface area contributed by atoms with Crippen LogP contribution in [0, 0.1) is 0 Å². The van der Waals surface area contributed by atoms with E-state index in [9.17, 15) is 14.4 Å². The molecule has 2 atom stereocenters. The summed E-state index contributed by atoms with van der Waals surface area (Å²) in [6.45, 7) is 12.2. The Kier molecular flexibility index (Phi) is 13.5. The summed E-state index contributed by atoms with van der Waals surface area (Å²) in [6, 6.07) is 0. The van der Waals surface area contributed by atoms with Crippen LogP contribution in [-0.2, 0) is 14.3 Å². The lowest BCUT2D eigenvalue weighted by molar-refractivity contribution is -0.110. The Hall–Kier alpha value is -0.440. The summed E-state index contributed by atoms with van der Waals surface area (Å²) in [7, 11) is 0. The number of likely N-dealkylation sites (tertiary alicyclic amines) is 1. The first kappa shape index (κ1) is 27.6. The average Bonchev–Trinajstić information content (AvgIpc) is 2.54. The van der Waals surface area contributed by atoms with Gasteiger partial charge in [0.2, 0.25) is 0 Å². The van der Waals surface area contributed by atoms with Crippen LogP contribution in [0.3, 0.4) is 0 Å². The van der Waals surface area contributed by atoms with Gasteiger partial charge in [-0.1, -0.05) is 23.5 Å². The minimum atomic E-state index is -0.461. The highest BCUT2D eigenvalue weighted by atomic mass is 35.5.